The molecule has 3 aromatic rings. The number of hydrogen-bond donors (Lipinski definition) is 1. The second-order valence-corrected chi connectivity index (χ2v) is 7.42. The maximum Gasteiger partial charge on any atom is 0.250 e. The number of hydrazone groups is 1. The Kier molecular flexibility index (Phi) is 7.30. The first-order valence-electron chi connectivity index (χ1n) is 9.91. The van der Waals surface area contributed by atoms with Gasteiger partial charge in [-0.15, -0.1) is 0 Å². The van der Waals surface area contributed by atoms with E-state index in [9.17, 15) is 4.79 Å². The van der Waals surface area contributed by atoms with Crippen LogP contribution < -0.4 is 10.3 Å². The number of thioether (sulfide) groups is 1. The number of nitrogens with zero attached hydrogens (tertiary/aromatic N) is 4. The Bertz CT molecular complexity index is 977. The minimum atomic E-state index is -0.152. The monoisotopic (exact) mass is 409 g/mol. The van der Waals surface area contributed by atoms with E-state index in [2.05, 4.69) is 57.9 Å². The predicted octanol–water partition coefficient (Wildman–Crippen LogP) is 4.14. The molecule has 0 saturated heterocycles. The average molecular weight is 410 g/mol. The molecule has 0 atom stereocenters. The molecular weight excluding hydrogens is 382 g/mol. The van der Waals surface area contributed by atoms with Crippen molar-refractivity contribution in [3.8, 4) is 0 Å². The first-order chi connectivity index (χ1) is 14.2. The molecule has 152 valence electrons. The predicted molar refractivity (Wildman–Crippen MR) is 122 cm³/mol. The maximum atomic E-state index is 12.2. The van der Waals surface area contributed by atoms with Crippen molar-refractivity contribution >= 4 is 40.6 Å². The van der Waals surface area contributed by atoms with Gasteiger partial charge in [0.1, 0.15) is 0 Å². The van der Waals surface area contributed by atoms with Gasteiger partial charge in [0, 0.05) is 25.3 Å². The molecule has 0 spiro atoms. The number of fused-ring (bicyclic) bond motifs is 1. The van der Waals surface area contributed by atoms with E-state index in [1.54, 1.807) is 6.21 Å². The lowest BCUT2D eigenvalue weighted by atomic mass is 10.2. The maximum absolute atomic E-state index is 12.2. The zero-order valence-electron chi connectivity index (χ0n) is 17.1. The molecule has 6 nitrogen and oxygen atoms in total. The second kappa shape index (κ2) is 10.1. The molecule has 0 aliphatic rings. The van der Waals surface area contributed by atoms with Gasteiger partial charge in [0.05, 0.1) is 23.0 Å². The van der Waals surface area contributed by atoms with Gasteiger partial charge >= 0.3 is 0 Å². The van der Waals surface area contributed by atoms with E-state index in [0.29, 0.717) is 0 Å². The van der Waals surface area contributed by atoms with Crippen LogP contribution >= 0.6 is 11.8 Å². The van der Waals surface area contributed by atoms with Gasteiger partial charge in [-0.1, -0.05) is 36.0 Å². The van der Waals surface area contributed by atoms with Gasteiger partial charge < -0.3 is 9.47 Å². The summed E-state index contributed by atoms with van der Waals surface area (Å²) in [6, 6.07) is 16.2. The molecule has 2 aromatic carbocycles. The van der Waals surface area contributed by atoms with Gasteiger partial charge in [-0.2, -0.15) is 5.10 Å². The van der Waals surface area contributed by atoms with Crippen molar-refractivity contribution in [2.24, 2.45) is 5.10 Å². The Morgan fingerprint density at radius 1 is 1.14 bits per heavy atom. The first-order valence-corrected chi connectivity index (χ1v) is 10.9. The van der Waals surface area contributed by atoms with E-state index in [-0.39, 0.29) is 11.7 Å². The van der Waals surface area contributed by atoms with Crippen LogP contribution in [-0.4, -0.2) is 40.5 Å². The molecule has 1 amide bonds. The third-order valence-electron chi connectivity index (χ3n) is 4.69. The normalized spacial score (nSPS) is 11.3. The van der Waals surface area contributed by atoms with E-state index in [0.717, 1.165) is 41.4 Å². The summed E-state index contributed by atoms with van der Waals surface area (Å²) in [5, 5.41) is 4.92. The number of aryl methyl sites for hydroxylation is 1. The average Bonchev–Trinajstić information content (AvgIpc) is 3.11. The van der Waals surface area contributed by atoms with Gasteiger partial charge in [-0.25, -0.2) is 10.4 Å². The fraction of sp³-hybridized carbons (Fsp3) is 0.318. The largest absolute Gasteiger partial charge is 0.372 e. The highest BCUT2D eigenvalue weighted by Crippen LogP contribution is 2.23. The van der Waals surface area contributed by atoms with Gasteiger partial charge in [0.25, 0.3) is 5.91 Å². The Morgan fingerprint density at radius 3 is 2.55 bits per heavy atom. The van der Waals surface area contributed by atoms with E-state index < -0.39 is 0 Å². The first kappa shape index (κ1) is 20.9. The van der Waals surface area contributed by atoms with Crippen molar-refractivity contribution in [1.29, 1.82) is 0 Å². The van der Waals surface area contributed by atoms with Crippen LogP contribution in [0, 0.1) is 0 Å². The number of rotatable bonds is 9. The number of amides is 1. The summed E-state index contributed by atoms with van der Waals surface area (Å²) >= 11 is 1.42. The molecule has 29 heavy (non-hydrogen) atoms. The summed E-state index contributed by atoms with van der Waals surface area (Å²) in [5.74, 6) is 0.113. The lowest BCUT2D eigenvalue weighted by molar-refractivity contribution is -0.118. The number of anilines is 1. The fourth-order valence-corrected chi connectivity index (χ4v) is 4.04. The summed E-state index contributed by atoms with van der Waals surface area (Å²) in [4.78, 5) is 19.1. The number of carbonyl (C=O) groups is 1. The fourth-order valence-electron chi connectivity index (χ4n) is 3.17. The Balaban J connectivity index is 1.54. The van der Waals surface area contributed by atoms with Gasteiger partial charge in [-0.3, -0.25) is 4.79 Å². The second-order valence-electron chi connectivity index (χ2n) is 6.47. The smallest absolute Gasteiger partial charge is 0.250 e. The van der Waals surface area contributed by atoms with Crippen LogP contribution in [-0.2, 0) is 11.3 Å². The van der Waals surface area contributed by atoms with Crippen molar-refractivity contribution < 1.29 is 4.79 Å². The highest BCUT2D eigenvalue weighted by Gasteiger charge is 2.11. The molecule has 0 radical (unpaired) electrons. The number of carbonyl (C=O) groups excluding carboxylic acids is 1. The molecule has 0 fully saturated rings. The van der Waals surface area contributed by atoms with Crippen molar-refractivity contribution in [1.82, 2.24) is 15.0 Å². The molecule has 1 aromatic heterocycles. The molecule has 0 unspecified atom stereocenters. The topological polar surface area (TPSA) is 62.5 Å². The van der Waals surface area contributed by atoms with E-state index in [4.69, 9.17) is 0 Å². The van der Waals surface area contributed by atoms with Crippen LogP contribution in [0.3, 0.4) is 0 Å². The van der Waals surface area contributed by atoms with Crippen molar-refractivity contribution in [2.45, 2.75) is 32.5 Å². The number of benzene rings is 2. The Morgan fingerprint density at radius 2 is 1.86 bits per heavy atom. The summed E-state index contributed by atoms with van der Waals surface area (Å²) < 4.78 is 2.12. The number of aromatic nitrogens is 2. The van der Waals surface area contributed by atoms with Crippen LogP contribution in [0.15, 0.2) is 58.8 Å². The minimum Gasteiger partial charge on any atom is -0.372 e. The molecule has 0 aliphatic carbocycles. The highest BCUT2D eigenvalue weighted by molar-refractivity contribution is 7.99. The zero-order chi connectivity index (χ0) is 20.6. The van der Waals surface area contributed by atoms with E-state index >= 15 is 0 Å². The zero-order valence-corrected chi connectivity index (χ0v) is 17.9. The lowest BCUT2D eigenvalue weighted by Crippen LogP contribution is -2.21. The van der Waals surface area contributed by atoms with Crippen molar-refractivity contribution in [2.75, 3.05) is 23.7 Å². The summed E-state index contributed by atoms with van der Waals surface area (Å²) in [6.45, 7) is 9.12. The highest BCUT2D eigenvalue weighted by atomic mass is 32.2. The molecular formula is C22H27N5OS. The standard InChI is InChI=1S/C22H27N5OS/c1-4-26(5-2)18-13-11-17(12-14-18)15-23-25-21(28)16-29-22-24-19-9-7-8-10-20(19)27(22)6-3/h7-15H,4-6,16H2,1-3H3,(H,25,28). The van der Waals surface area contributed by atoms with Gasteiger partial charge in [0.2, 0.25) is 0 Å². The van der Waals surface area contributed by atoms with E-state index in [1.165, 1.54) is 17.4 Å². The molecule has 3 rings (SSSR count). The molecule has 0 aliphatic heterocycles. The third kappa shape index (κ3) is 5.17. The summed E-state index contributed by atoms with van der Waals surface area (Å²) in [6.07, 6.45) is 1.66. The SMILES string of the molecule is CCN(CC)c1ccc(C=NNC(=O)CSc2nc3ccccc3n2CC)cc1. The lowest BCUT2D eigenvalue weighted by Gasteiger charge is -2.20. The van der Waals surface area contributed by atoms with Crippen molar-refractivity contribution in [3.63, 3.8) is 0 Å². The van der Waals surface area contributed by atoms with Crippen LogP contribution in [0.2, 0.25) is 0 Å². The van der Waals surface area contributed by atoms with Crippen LogP contribution in [0.4, 0.5) is 5.69 Å². The number of para-hydroxylation sites is 2. The van der Waals surface area contributed by atoms with Gasteiger partial charge in [-0.05, 0) is 50.6 Å². The number of hydrogen-bond acceptors (Lipinski definition) is 5. The van der Waals surface area contributed by atoms with E-state index in [1.807, 2.05) is 36.4 Å². The molecule has 1 heterocycles. The van der Waals surface area contributed by atoms with Crippen molar-refractivity contribution in [3.05, 3.63) is 54.1 Å². The Labute approximate surface area is 176 Å². The number of nitrogens with one attached hydrogen (secondary N) is 1. The third-order valence-corrected chi connectivity index (χ3v) is 5.67. The van der Waals surface area contributed by atoms with Crippen LogP contribution in [0.5, 0.6) is 0 Å². The number of imidazole rings is 1. The van der Waals surface area contributed by atoms with Crippen LogP contribution in [0.25, 0.3) is 11.0 Å². The molecule has 7 heteroatoms. The quantitative estimate of drug-likeness (QED) is 0.328. The molecule has 0 saturated carbocycles. The molecule has 1 N–H and O–H groups in total. The summed E-state index contributed by atoms with van der Waals surface area (Å²) in [5.41, 5.74) is 6.76. The summed E-state index contributed by atoms with van der Waals surface area (Å²) in [7, 11) is 0. The van der Waals surface area contributed by atoms with Crippen LogP contribution in [0.1, 0.15) is 26.3 Å². The molecule has 0 bridgehead atoms. The van der Waals surface area contributed by atoms with Gasteiger partial charge in [0.15, 0.2) is 5.16 Å². The Hall–Kier alpha value is -2.80. The minimum absolute atomic E-state index is 0.152.